The van der Waals surface area contributed by atoms with Gasteiger partial charge in [-0.1, -0.05) is 0 Å². The monoisotopic (exact) mass is 265 g/mol. The lowest BCUT2D eigenvalue weighted by molar-refractivity contribution is -0.385. The third kappa shape index (κ3) is 4.10. The Morgan fingerprint density at radius 3 is 2.84 bits per heavy atom. The second-order valence-corrected chi connectivity index (χ2v) is 4.53. The summed E-state index contributed by atoms with van der Waals surface area (Å²) in [5, 5.41) is 17.5. The van der Waals surface area contributed by atoms with Crippen molar-refractivity contribution in [3.05, 3.63) is 28.3 Å². The molecule has 2 rings (SSSR count). The molecule has 1 fully saturated rings. The molecule has 0 aromatic heterocycles. The molecule has 1 saturated carbocycles. The molecule has 0 unspecified atom stereocenters. The molecule has 0 amide bonds. The van der Waals surface area contributed by atoms with E-state index >= 15 is 0 Å². The first kappa shape index (κ1) is 13.6. The van der Waals surface area contributed by atoms with Crippen LogP contribution in [0.25, 0.3) is 0 Å². The van der Waals surface area contributed by atoms with E-state index in [0.29, 0.717) is 18.4 Å². The molecular weight excluding hydrogens is 246 g/mol. The van der Waals surface area contributed by atoms with E-state index in [2.05, 4.69) is 10.6 Å². The van der Waals surface area contributed by atoms with E-state index in [1.807, 2.05) is 6.92 Å². The third-order valence-electron chi connectivity index (χ3n) is 2.92. The van der Waals surface area contributed by atoms with Gasteiger partial charge in [0.05, 0.1) is 11.5 Å². The van der Waals surface area contributed by atoms with Crippen molar-refractivity contribution in [3.63, 3.8) is 0 Å². The molecule has 1 aliphatic rings. The molecule has 0 aliphatic heterocycles. The summed E-state index contributed by atoms with van der Waals surface area (Å²) in [6, 6.07) is 5.55. The quantitative estimate of drug-likeness (QED) is 0.428. The zero-order valence-corrected chi connectivity index (χ0v) is 11.0. The number of benzene rings is 1. The van der Waals surface area contributed by atoms with Crippen LogP contribution in [-0.4, -0.2) is 30.7 Å². The van der Waals surface area contributed by atoms with E-state index in [0.717, 1.165) is 18.8 Å². The van der Waals surface area contributed by atoms with Crippen LogP contribution < -0.4 is 15.4 Å². The van der Waals surface area contributed by atoms with E-state index in [1.165, 1.54) is 18.9 Å². The Morgan fingerprint density at radius 1 is 1.42 bits per heavy atom. The van der Waals surface area contributed by atoms with Gasteiger partial charge >= 0.3 is 5.69 Å². The van der Waals surface area contributed by atoms with Gasteiger partial charge in [-0.15, -0.1) is 0 Å². The summed E-state index contributed by atoms with van der Waals surface area (Å²) in [6.07, 6.45) is 2.54. The van der Waals surface area contributed by atoms with Crippen LogP contribution >= 0.6 is 0 Å². The lowest BCUT2D eigenvalue weighted by Crippen LogP contribution is -2.23. The van der Waals surface area contributed by atoms with Crippen LogP contribution in [0, 0.1) is 10.1 Å². The van der Waals surface area contributed by atoms with E-state index in [1.54, 1.807) is 12.1 Å². The number of nitro groups is 1. The highest BCUT2D eigenvalue weighted by Crippen LogP contribution is 2.29. The SMILES string of the molecule is CCOc1cc(NCCNC2CC2)ccc1[N+](=O)[O-]. The number of anilines is 1. The minimum atomic E-state index is -0.427. The minimum absolute atomic E-state index is 0.00325. The lowest BCUT2D eigenvalue weighted by Gasteiger charge is -2.09. The maximum Gasteiger partial charge on any atom is 0.311 e. The summed E-state index contributed by atoms with van der Waals surface area (Å²) >= 11 is 0. The average molecular weight is 265 g/mol. The molecule has 0 spiro atoms. The van der Waals surface area contributed by atoms with Gasteiger partial charge in [0, 0.05) is 37.0 Å². The first-order chi connectivity index (χ1) is 9.20. The van der Waals surface area contributed by atoms with Crippen LogP contribution in [0.15, 0.2) is 18.2 Å². The molecule has 0 bridgehead atoms. The van der Waals surface area contributed by atoms with Crippen molar-refractivity contribution in [2.24, 2.45) is 0 Å². The molecule has 0 heterocycles. The fourth-order valence-corrected chi connectivity index (χ4v) is 1.82. The number of nitrogens with one attached hydrogen (secondary N) is 2. The highest BCUT2D eigenvalue weighted by molar-refractivity contribution is 5.58. The summed E-state index contributed by atoms with van der Waals surface area (Å²) in [4.78, 5) is 10.4. The van der Waals surface area contributed by atoms with Crippen LogP contribution in [0.2, 0.25) is 0 Å². The molecule has 104 valence electrons. The summed E-state index contributed by atoms with van der Waals surface area (Å²) < 4.78 is 5.30. The van der Waals surface area contributed by atoms with Crippen molar-refractivity contribution in [1.29, 1.82) is 0 Å². The number of nitro benzene ring substituents is 1. The maximum atomic E-state index is 10.8. The maximum absolute atomic E-state index is 10.8. The van der Waals surface area contributed by atoms with Gasteiger partial charge in [-0.3, -0.25) is 10.1 Å². The van der Waals surface area contributed by atoms with Gasteiger partial charge in [0.1, 0.15) is 0 Å². The number of hydrogen-bond acceptors (Lipinski definition) is 5. The Hall–Kier alpha value is -1.82. The zero-order valence-electron chi connectivity index (χ0n) is 11.0. The Labute approximate surface area is 112 Å². The van der Waals surface area contributed by atoms with Gasteiger partial charge in [-0.05, 0) is 25.8 Å². The van der Waals surface area contributed by atoms with Gasteiger partial charge in [0.25, 0.3) is 0 Å². The predicted molar refractivity (Wildman–Crippen MR) is 73.8 cm³/mol. The van der Waals surface area contributed by atoms with Crippen LogP contribution in [0.1, 0.15) is 19.8 Å². The largest absolute Gasteiger partial charge is 0.487 e. The smallest absolute Gasteiger partial charge is 0.311 e. The predicted octanol–water partition coefficient (Wildman–Crippen LogP) is 2.16. The number of hydrogen-bond donors (Lipinski definition) is 2. The minimum Gasteiger partial charge on any atom is -0.487 e. The summed E-state index contributed by atoms with van der Waals surface area (Å²) in [5.41, 5.74) is 0.843. The van der Waals surface area contributed by atoms with Gasteiger partial charge < -0.3 is 15.4 Å². The van der Waals surface area contributed by atoms with E-state index < -0.39 is 4.92 Å². The molecular formula is C13H19N3O3. The van der Waals surface area contributed by atoms with Crippen molar-refractivity contribution in [3.8, 4) is 5.75 Å². The Balaban J connectivity index is 1.91. The molecule has 0 atom stereocenters. The number of ether oxygens (including phenoxy) is 1. The van der Waals surface area contributed by atoms with Crippen LogP contribution in [0.4, 0.5) is 11.4 Å². The highest BCUT2D eigenvalue weighted by atomic mass is 16.6. The van der Waals surface area contributed by atoms with Crippen LogP contribution in [-0.2, 0) is 0 Å². The van der Waals surface area contributed by atoms with Gasteiger partial charge in [0.15, 0.2) is 5.75 Å². The molecule has 2 N–H and O–H groups in total. The van der Waals surface area contributed by atoms with E-state index in [9.17, 15) is 10.1 Å². The lowest BCUT2D eigenvalue weighted by atomic mass is 10.2. The Kier molecular flexibility index (Phi) is 4.57. The topological polar surface area (TPSA) is 76.4 Å². The summed E-state index contributed by atoms with van der Waals surface area (Å²) in [6.45, 7) is 3.91. The second kappa shape index (κ2) is 6.38. The molecule has 0 radical (unpaired) electrons. The normalized spacial score (nSPS) is 14.2. The van der Waals surface area contributed by atoms with Crippen LogP contribution in [0.3, 0.4) is 0 Å². The fraction of sp³-hybridized carbons (Fsp3) is 0.538. The Bertz CT molecular complexity index is 447. The summed E-state index contributed by atoms with van der Waals surface area (Å²) in [5.74, 6) is 0.313. The average Bonchev–Trinajstić information content (AvgIpc) is 3.19. The first-order valence-corrected chi connectivity index (χ1v) is 6.59. The molecule has 1 aliphatic carbocycles. The van der Waals surface area contributed by atoms with Crippen molar-refractivity contribution in [2.75, 3.05) is 25.0 Å². The third-order valence-corrected chi connectivity index (χ3v) is 2.92. The van der Waals surface area contributed by atoms with Crippen molar-refractivity contribution < 1.29 is 9.66 Å². The first-order valence-electron chi connectivity index (χ1n) is 6.59. The van der Waals surface area contributed by atoms with Crippen molar-refractivity contribution in [2.45, 2.75) is 25.8 Å². The van der Waals surface area contributed by atoms with E-state index in [-0.39, 0.29) is 5.69 Å². The molecule has 1 aromatic rings. The zero-order chi connectivity index (χ0) is 13.7. The second-order valence-electron chi connectivity index (χ2n) is 4.53. The molecule has 6 nitrogen and oxygen atoms in total. The van der Waals surface area contributed by atoms with Gasteiger partial charge in [-0.2, -0.15) is 0 Å². The molecule has 0 saturated heterocycles. The fourth-order valence-electron chi connectivity index (χ4n) is 1.82. The molecule has 19 heavy (non-hydrogen) atoms. The number of rotatable bonds is 8. The highest BCUT2D eigenvalue weighted by Gasteiger charge is 2.19. The number of nitrogens with zero attached hydrogens (tertiary/aromatic N) is 1. The standard InChI is InChI=1S/C13H19N3O3/c1-2-19-13-9-11(5-6-12(13)16(17)18)15-8-7-14-10-3-4-10/h5-6,9-10,14-15H,2-4,7-8H2,1H3. The molecule has 6 heteroatoms. The van der Waals surface area contributed by atoms with E-state index in [4.69, 9.17) is 4.74 Å². The summed E-state index contributed by atoms with van der Waals surface area (Å²) in [7, 11) is 0. The molecule has 1 aromatic carbocycles. The van der Waals surface area contributed by atoms with Gasteiger partial charge in [-0.25, -0.2) is 0 Å². The van der Waals surface area contributed by atoms with Crippen molar-refractivity contribution in [1.82, 2.24) is 5.32 Å². The Morgan fingerprint density at radius 2 is 2.21 bits per heavy atom. The van der Waals surface area contributed by atoms with Crippen LogP contribution in [0.5, 0.6) is 5.75 Å². The van der Waals surface area contributed by atoms with Gasteiger partial charge in [0.2, 0.25) is 0 Å². The van der Waals surface area contributed by atoms with Crippen molar-refractivity contribution >= 4 is 11.4 Å².